The van der Waals surface area contributed by atoms with Crippen LogP contribution in [-0.4, -0.2) is 37.1 Å². The van der Waals surface area contributed by atoms with Crippen molar-refractivity contribution >= 4 is 28.1 Å². The first-order valence-corrected chi connectivity index (χ1v) is 10.9. The number of hydrogen-bond acceptors (Lipinski definition) is 5. The van der Waals surface area contributed by atoms with Crippen LogP contribution in [0.1, 0.15) is 54.4 Å². The van der Waals surface area contributed by atoms with Crippen LogP contribution in [0.5, 0.6) is 0 Å². The number of ketones is 1. The maximum Gasteiger partial charge on any atom is 0.196 e. The van der Waals surface area contributed by atoms with Crippen LogP contribution in [0.3, 0.4) is 0 Å². The van der Waals surface area contributed by atoms with Crippen molar-refractivity contribution in [2.24, 2.45) is 0 Å². The molecule has 1 aromatic heterocycles. The predicted octanol–water partition coefficient (Wildman–Crippen LogP) is 5.02. The van der Waals surface area contributed by atoms with Crippen molar-refractivity contribution in [3.05, 3.63) is 41.5 Å². The average Bonchev–Trinajstić information content (AvgIpc) is 3.24. The summed E-state index contributed by atoms with van der Waals surface area (Å²) in [7, 11) is 0. The number of fused-ring (bicyclic) bond motifs is 2. The molecule has 2 fully saturated rings. The van der Waals surface area contributed by atoms with E-state index in [0.29, 0.717) is 0 Å². The van der Waals surface area contributed by atoms with Gasteiger partial charge in [0.2, 0.25) is 0 Å². The fourth-order valence-electron chi connectivity index (χ4n) is 5.28. The zero-order valence-electron chi connectivity index (χ0n) is 16.6. The normalized spacial score (nSPS) is 19.0. The van der Waals surface area contributed by atoms with Gasteiger partial charge in [-0.25, -0.2) is 0 Å². The van der Waals surface area contributed by atoms with E-state index in [1.807, 2.05) is 24.3 Å². The first-order chi connectivity index (χ1) is 14.3. The van der Waals surface area contributed by atoms with Gasteiger partial charge in [-0.05, 0) is 44.6 Å². The number of anilines is 2. The zero-order chi connectivity index (χ0) is 19.4. The molecule has 0 N–H and O–H groups in total. The first kappa shape index (κ1) is 17.1. The minimum atomic E-state index is 0.104. The molecule has 0 amide bonds. The standard InChI is InChI=1S/C24H25N3O2/c28-23-16-9-3-4-10-17(16)24-21-20(23)18(26-11-5-1-6-12-26)15-19(22(21)25-29-24)27-13-7-2-8-14-27/h3-4,9-10,15H,1-2,5-8,11-14H2. The average molecular weight is 387 g/mol. The highest BCUT2D eigenvalue weighted by atomic mass is 16.5. The maximum absolute atomic E-state index is 13.6. The monoisotopic (exact) mass is 387 g/mol. The largest absolute Gasteiger partial charge is 0.371 e. The number of nitrogens with zero attached hydrogens (tertiary/aromatic N) is 3. The Labute approximate surface area is 170 Å². The number of hydrogen-bond donors (Lipinski definition) is 0. The molecule has 5 nitrogen and oxygen atoms in total. The van der Waals surface area contributed by atoms with E-state index in [9.17, 15) is 4.79 Å². The van der Waals surface area contributed by atoms with Crippen molar-refractivity contribution in [2.75, 3.05) is 36.0 Å². The van der Waals surface area contributed by atoms with Crippen LogP contribution < -0.4 is 9.80 Å². The van der Waals surface area contributed by atoms with Crippen LogP contribution >= 0.6 is 0 Å². The number of piperidine rings is 2. The number of benzene rings is 2. The Hall–Kier alpha value is -2.82. The quantitative estimate of drug-likeness (QED) is 0.483. The second-order valence-corrected chi connectivity index (χ2v) is 8.50. The first-order valence-electron chi connectivity index (χ1n) is 10.9. The lowest BCUT2D eigenvalue weighted by molar-refractivity contribution is 0.104. The lowest BCUT2D eigenvalue weighted by Gasteiger charge is -2.34. The molecular weight excluding hydrogens is 362 g/mol. The summed E-state index contributed by atoms with van der Waals surface area (Å²) in [5.74, 6) is 0.856. The van der Waals surface area contributed by atoms with Crippen LogP contribution in [0.2, 0.25) is 0 Å². The number of aromatic nitrogens is 1. The highest BCUT2D eigenvalue weighted by Gasteiger charge is 2.35. The molecule has 148 valence electrons. The highest BCUT2D eigenvalue weighted by Crippen LogP contribution is 2.47. The molecule has 2 saturated heterocycles. The summed E-state index contributed by atoms with van der Waals surface area (Å²) in [4.78, 5) is 18.5. The summed E-state index contributed by atoms with van der Waals surface area (Å²) in [6, 6.07) is 10.0. The minimum Gasteiger partial charge on any atom is -0.371 e. The van der Waals surface area contributed by atoms with Gasteiger partial charge >= 0.3 is 0 Å². The number of rotatable bonds is 2. The van der Waals surface area contributed by atoms with Crippen LogP contribution in [0.25, 0.3) is 22.2 Å². The summed E-state index contributed by atoms with van der Waals surface area (Å²) < 4.78 is 5.90. The molecule has 3 heterocycles. The predicted molar refractivity (Wildman–Crippen MR) is 115 cm³/mol. The van der Waals surface area contributed by atoms with E-state index >= 15 is 0 Å². The van der Waals surface area contributed by atoms with Gasteiger partial charge in [-0.15, -0.1) is 0 Å². The summed E-state index contributed by atoms with van der Waals surface area (Å²) in [5.41, 5.74) is 5.43. The molecule has 0 saturated carbocycles. The van der Waals surface area contributed by atoms with E-state index in [-0.39, 0.29) is 5.78 Å². The molecule has 6 rings (SSSR count). The van der Waals surface area contributed by atoms with E-state index < -0.39 is 0 Å². The molecule has 2 aliphatic heterocycles. The van der Waals surface area contributed by atoms with Crippen molar-refractivity contribution in [1.29, 1.82) is 0 Å². The van der Waals surface area contributed by atoms with E-state index in [1.165, 1.54) is 38.5 Å². The Morgan fingerprint density at radius 1 is 0.793 bits per heavy atom. The van der Waals surface area contributed by atoms with Crippen LogP contribution in [-0.2, 0) is 0 Å². The van der Waals surface area contributed by atoms with Crippen molar-refractivity contribution in [3.63, 3.8) is 0 Å². The molecule has 2 aromatic carbocycles. The van der Waals surface area contributed by atoms with Gasteiger partial charge in [0.15, 0.2) is 11.5 Å². The minimum absolute atomic E-state index is 0.104. The van der Waals surface area contributed by atoms with Crippen LogP contribution in [0.4, 0.5) is 11.4 Å². The van der Waals surface area contributed by atoms with Gasteiger partial charge < -0.3 is 14.3 Å². The highest BCUT2D eigenvalue weighted by molar-refractivity contribution is 6.28. The van der Waals surface area contributed by atoms with Gasteiger partial charge in [0.1, 0.15) is 5.52 Å². The molecule has 5 heteroatoms. The van der Waals surface area contributed by atoms with E-state index in [0.717, 1.165) is 70.9 Å². The molecule has 1 aliphatic carbocycles. The fraction of sp³-hybridized carbons (Fsp3) is 0.417. The zero-order valence-corrected chi connectivity index (χ0v) is 16.6. The topological polar surface area (TPSA) is 49.6 Å². The Morgan fingerprint density at radius 3 is 2.10 bits per heavy atom. The van der Waals surface area contributed by atoms with Gasteiger partial charge in [-0.2, -0.15) is 0 Å². The van der Waals surface area contributed by atoms with E-state index in [2.05, 4.69) is 21.0 Å². The summed E-state index contributed by atoms with van der Waals surface area (Å²) in [6.07, 6.45) is 7.31. The van der Waals surface area contributed by atoms with Gasteiger partial charge in [0, 0.05) is 37.3 Å². The van der Waals surface area contributed by atoms with Gasteiger partial charge in [0.05, 0.1) is 22.3 Å². The third-order valence-electron chi connectivity index (χ3n) is 6.75. The Morgan fingerprint density at radius 2 is 1.41 bits per heavy atom. The second kappa shape index (κ2) is 6.61. The summed E-state index contributed by atoms with van der Waals surface area (Å²) in [6.45, 7) is 4.10. The summed E-state index contributed by atoms with van der Waals surface area (Å²) in [5, 5.41) is 5.41. The van der Waals surface area contributed by atoms with Gasteiger partial charge in [-0.1, -0.05) is 29.4 Å². The Kier molecular flexibility index (Phi) is 3.89. The molecule has 0 unspecified atom stereocenters. The third kappa shape index (κ3) is 2.53. The molecule has 0 atom stereocenters. The Bertz CT molecular complexity index is 1100. The third-order valence-corrected chi connectivity index (χ3v) is 6.75. The number of carbonyl (C=O) groups excluding carboxylic acids is 1. The van der Waals surface area contributed by atoms with Crippen molar-refractivity contribution < 1.29 is 9.32 Å². The molecule has 3 aliphatic rings. The maximum atomic E-state index is 13.6. The smallest absolute Gasteiger partial charge is 0.196 e. The Balaban J connectivity index is 1.64. The van der Waals surface area contributed by atoms with E-state index in [1.54, 1.807) is 0 Å². The van der Waals surface area contributed by atoms with Crippen molar-refractivity contribution in [2.45, 2.75) is 38.5 Å². The number of carbonyl (C=O) groups is 1. The summed E-state index contributed by atoms with van der Waals surface area (Å²) >= 11 is 0. The molecular formula is C24H25N3O2. The fourth-order valence-corrected chi connectivity index (χ4v) is 5.28. The molecule has 0 radical (unpaired) electrons. The van der Waals surface area contributed by atoms with Crippen LogP contribution in [0.15, 0.2) is 34.9 Å². The lowest BCUT2D eigenvalue weighted by atomic mass is 9.85. The van der Waals surface area contributed by atoms with E-state index in [4.69, 9.17) is 4.52 Å². The molecule has 3 aromatic rings. The molecule has 29 heavy (non-hydrogen) atoms. The van der Waals surface area contributed by atoms with Crippen molar-refractivity contribution in [1.82, 2.24) is 5.16 Å². The van der Waals surface area contributed by atoms with Gasteiger partial charge in [0.25, 0.3) is 0 Å². The van der Waals surface area contributed by atoms with Crippen molar-refractivity contribution in [3.8, 4) is 11.3 Å². The van der Waals surface area contributed by atoms with Gasteiger partial charge in [-0.3, -0.25) is 4.79 Å². The molecule has 0 bridgehead atoms. The second-order valence-electron chi connectivity index (χ2n) is 8.50. The van der Waals surface area contributed by atoms with Crippen LogP contribution in [0, 0.1) is 0 Å². The molecule has 0 spiro atoms. The SMILES string of the molecule is O=C1c2ccccc2-c2onc3c(N4CCCCC4)cc(N4CCCCC4)c1c23. The lowest BCUT2D eigenvalue weighted by Crippen LogP contribution is -2.33.